The summed E-state index contributed by atoms with van der Waals surface area (Å²) in [5.41, 5.74) is 1.45. The SMILES string of the molecule is CC=CCC1=CCC=C1. The van der Waals surface area contributed by atoms with Gasteiger partial charge in [0.2, 0.25) is 0 Å². The van der Waals surface area contributed by atoms with E-state index in [0.717, 1.165) is 12.8 Å². The van der Waals surface area contributed by atoms with E-state index >= 15 is 0 Å². The average molecular weight is 120 g/mol. The number of allylic oxidation sites excluding steroid dienone is 6. The Hall–Kier alpha value is -0.780. The van der Waals surface area contributed by atoms with Gasteiger partial charge in [-0.2, -0.15) is 0 Å². The van der Waals surface area contributed by atoms with Gasteiger partial charge in [0.25, 0.3) is 0 Å². The number of hydrogen-bond acceptors (Lipinski definition) is 0. The van der Waals surface area contributed by atoms with Crippen molar-refractivity contribution in [2.24, 2.45) is 0 Å². The van der Waals surface area contributed by atoms with E-state index in [1.54, 1.807) is 0 Å². The molecule has 0 aromatic rings. The van der Waals surface area contributed by atoms with E-state index in [1.165, 1.54) is 5.57 Å². The molecule has 9 heavy (non-hydrogen) atoms. The van der Waals surface area contributed by atoms with Crippen LogP contribution in [0.5, 0.6) is 0 Å². The largest absolute Gasteiger partial charge is 0.0913 e. The fraction of sp³-hybridized carbons (Fsp3) is 0.333. The van der Waals surface area contributed by atoms with Crippen LogP contribution >= 0.6 is 0 Å². The first-order chi connectivity index (χ1) is 4.43. The molecule has 0 fully saturated rings. The zero-order valence-electron chi connectivity index (χ0n) is 5.80. The van der Waals surface area contributed by atoms with Gasteiger partial charge in [0.1, 0.15) is 0 Å². The Kier molecular flexibility index (Phi) is 2.32. The molecule has 0 spiro atoms. The molecular weight excluding hydrogens is 108 g/mol. The van der Waals surface area contributed by atoms with Gasteiger partial charge in [0, 0.05) is 0 Å². The van der Waals surface area contributed by atoms with E-state index < -0.39 is 0 Å². The molecule has 0 aromatic heterocycles. The molecule has 1 aliphatic rings. The second kappa shape index (κ2) is 3.29. The Balaban J connectivity index is 2.35. The first-order valence-electron chi connectivity index (χ1n) is 3.40. The van der Waals surface area contributed by atoms with Crippen molar-refractivity contribution in [3.8, 4) is 0 Å². The van der Waals surface area contributed by atoms with Gasteiger partial charge in [-0.1, -0.05) is 30.4 Å². The summed E-state index contributed by atoms with van der Waals surface area (Å²) in [4.78, 5) is 0. The third-order valence-electron chi connectivity index (χ3n) is 1.44. The third kappa shape index (κ3) is 1.88. The van der Waals surface area contributed by atoms with Gasteiger partial charge >= 0.3 is 0 Å². The van der Waals surface area contributed by atoms with E-state index in [2.05, 4.69) is 37.3 Å². The Morgan fingerprint density at radius 1 is 1.67 bits per heavy atom. The first-order valence-corrected chi connectivity index (χ1v) is 3.40. The van der Waals surface area contributed by atoms with Gasteiger partial charge < -0.3 is 0 Å². The summed E-state index contributed by atoms with van der Waals surface area (Å²) in [7, 11) is 0. The summed E-state index contributed by atoms with van der Waals surface area (Å²) < 4.78 is 0. The molecule has 0 unspecified atom stereocenters. The molecule has 0 aromatic carbocycles. The van der Waals surface area contributed by atoms with Crippen LogP contribution in [-0.2, 0) is 0 Å². The molecular formula is C9H12. The molecule has 0 saturated heterocycles. The standard InChI is InChI=1S/C9H12/c1-2-3-6-9-7-4-5-8-9/h2-4,7-8H,5-6H2,1H3. The Morgan fingerprint density at radius 2 is 2.56 bits per heavy atom. The molecule has 1 rings (SSSR count). The summed E-state index contributed by atoms with van der Waals surface area (Å²) in [6.45, 7) is 2.05. The highest BCUT2D eigenvalue weighted by atomic mass is 14.0. The highest BCUT2D eigenvalue weighted by molar-refractivity contribution is 5.27. The van der Waals surface area contributed by atoms with Crippen molar-refractivity contribution in [2.75, 3.05) is 0 Å². The van der Waals surface area contributed by atoms with Gasteiger partial charge in [-0.3, -0.25) is 0 Å². The highest BCUT2D eigenvalue weighted by Gasteiger charge is 1.92. The van der Waals surface area contributed by atoms with Crippen LogP contribution in [0.3, 0.4) is 0 Å². The van der Waals surface area contributed by atoms with Crippen LogP contribution in [0, 0.1) is 0 Å². The summed E-state index contributed by atoms with van der Waals surface area (Å²) in [5, 5.41) is 0. The minimum Gasteiger partial charge on any atom is -0.0913 e. The van der Waals surface area contributed by atoms with Gasteiger partial charge in [0.05, 0.1) is 0 Å². The molecule has 0 saturated carbocycles. The van der Waals surface area contributed by atoms with Crippen molar-refractivity contribution < 1.29 is 0 Å². The molecule has 0 bridgehead atoms. The Morgan fingerprint density at radius 3 is 3.11 bits per heavy atom. The third-order valence-corrected chi connectivity index (χ3v) is 1.44. The van der Waals surface area contributed by atoms with Crippen molar-refractivity contribution >= 4 is 0 Å². The van der Waals surface area contributed by atoms with Crippen LogP contribution in [0.15, 0.2) is 36.0 Å². The summed E-state index contributed by atoms with van der Waals surface area (Å²) in [6.07, 6.45) is 13.2. The van der Waals surface area contributed by atoms with Crippen LogP contribution in [-0.4, -0.2) is 0 Å². The monoisotopic (exact) mass is 120 g/mol. The van der Waals surface area contributed by atoms with Crippen LogP contribution in [0.2, 0.25) is 0 Å². The zero-order valence-corrected chi connectivity index (χ0v) is 5.80. The smallest absolute Gasteiger partial charge is 0.0101 e. The molecule has 48 valence electrons. The second-order valence-corrected chi connectivity index (χ2v) is 2.19. The van der Waals surface area contributed by atoms with E-state index in [4.69, 9.17) is 0 Å². The minimum atomic E-state index is 1.10. The topological polar surface area (TPSA) is 0 Å². The molecule has 0 aliphatic heterocycles. The Bertz CT molecular complexity index is 159. The molecule has 0 amide bonds. The summed E-state index contributed by atoms with van der Waals surface area (Å²) >= 11 is 0. The minimum absolute atomic E-state index is 1.10. The summed E-state index contributed by atoms with van der Waals surface area (Å²) in [6, 6.07) is 0. The lowest BCUT2D eigenvalue weighted by molar-refractivity contribution is 1.28. The van der Waals surface area contributed by atoms with Gasteiger partial charge in [-0.15, -0.1) is 0 Å². The predicted octanol–water partition coefficient (Wildman–Crippen LogP) is 2.84. The van der Waals surface area contributed by atoms with Crippen molar-refractivity contribution in [1.82, 2.24) is 0 Å². The maximum Gasteiger partial charge on any atom is -0.0101 e. The molecule has 0 heterocycles. The van der Waals surface area contributed by atoms with E-state index in [1.807, 2.05) is 0 Å². The van der Waals surface area contributed by atoms with Gasteiger partial charge in [-0.25, -0.2) is 0 Å². The predicted molar refractivity (Wildman–Crippen MR) is 41.3 cm³/mol. The lowest BCUT2D eigenvalue weighted by atomic mass is 10.2. The van der Waals surface area contributed by atoms with Crippen molar-refractivity contribution in [1.29, 1.82) is 0 Å². The lowest BCUT2D eigenvalue weighted by Gasteiger charge is -1.88. The maximum absolute atomic E-state index is 2.26. The van der Waals surface area contributed by atoms with Crippen LogP contribution < -0.4 is 0 Å². The van der Waals surface area contributed by atoms with Crippen molar-refractivity contribution in [2.45, 2.75) is 19.8 Å². The molecule has 0 N–H and O–H groups in total. The molecule has 0 heteroatoms. The van der Waals surface area contributed by atoms with Gasteiger partial charge in [-0.05, 0) is 25.3 Å². The van der Waals surface area contributed by atoms with E-state index in [0.29, 0.717) is 0 Å². The molecule has 0 nitrogen and oxygen atoms in total. The first kappa shape index (κ1) is 6.34. The average Bonchev–Trinajstić information content (AvgIpc) is 2.34. The van der Waals surface area contributed by atoms with Crippen molar-refractivity contribution in [3.05, 3.63) is 36.0 Å². The maximum atomic E-state index is 2.26. The lowest BCUT2D eigenvalue weighted by Crippen LogP contribution is -1.68. The highest BCUT2D eigenvalue weighted by Crippen LogP contribution is 2.12. The zero-order chi connectivity index (χ0) is 6.53. The molecule has 0 atom stereocenters. The summed E-state index contributed by atoms with van der Waals surface area (Å²) in [5.74, 6) is 0. The number of hydrogen-bond donors (Lipinski definition) is 0. The van der Waals surface area contributed by atoms with Crippen LogP contribution in [0.25, 0.3) is 0 Å². The fourth-order valence-electron chi connectivity index (χ4n) is 0.912. The van der Waals surface area contributed by atoms with Crippen LogP contribution in [0.4, 0.5) is 0 Å². The van der Waals surface area contributed by atoms with E-state index in [9.17, 15) is 0 Å². The quantitative estimate of drug-likeness (QED) is 0.491. The van der Waals surface area contributed by atoms with E-state index in [-0.39, 0.29) is 0 Å². The van der Waals surface area contributed by atoms with Crippen molar-refractivity contribution in [3.63, 3.8) is 0 Å². The molecule has 0 radical (unpaired) electrons. The van der Waals surface area contributed by atoms with Crippen LogP contribution in [0.1, 0.15) is 19.8 Å². The fourth-order valence-corrected chi connectivity index (χ4v) is 0.912. The Labute approximate surface area is 56.6 Å². The van der Waals surface area contributed by atoms with Gasteiger partial charge in [0.15, 0.2) is 0 Å². The normalized spacial score (nSPS) is 17.2. The second-order valence-electron chi connectivity index (χ2n) is 2.19. The number of rotatable bonds is 2. The molecule has 1 aliphatic carbocycles.